The van der Waals surface area contributed by atoms with Gasteiger partial charge in [0, 0.05) is 34.8 Å². The second kappa shape index (κ2) is 5.48. The quantitative estimate of drug-likeness (QED) is 0.829. The van der Waals surface area contributed by atoms with Gasteiger partial charge in [0.05, 0.1) is 0 Å². The first-order valence-electron chi connectivity index (χ1n) is 5.45. The maximum absolute atomic E-state index is 11.3. The fourth-order valence-electron chi connectivity index (χ4n) is 1.50. The lowest BCUT2D eigenvalue weighted by Gasteiger charge is -2.22. The molecule has 0 radical (unpaired) electrons. The summed E-state index contributed by atoms with van der Waals surface area (Å²) < 4.78 is 16.4. The number of nitrogens with one attached hydrogen (secondary N) is 1. The minimum atomic E-state index is -0.726. The molecule has 0 saturated heterocycles. The Kier molecular flexibility index (Phi) is 4.53. The number of aromatic amines is 1. The number of hydrogen-bond acceptors (Lipinski definition) is 3. The summed E-state index contributed by atoms with van der Waals surface area (Å²) in [5, 5.41) is 2.28. The summed E-state index contributed by atoms with van der Waals surface area (Å²) in [6, 6.07) is 1.47. The third kappa shape index (κ3) is 4.35. The van der Waals surface area contributed by atoms with Gasteiger partial charge in [0.2, 0.25) is 0 Å². The first-order chi connectivity index (χ1) is 7.43. The summed E-state index contributed by atoms with van der Waals surface area (Å²) in [6.45, 7) is 6.11. The Labute approximate surface area is 97.9 Å². The van der Waals surface area contributed by atoms with Crippen molar-refractivity contribution in [3.05, 3.63) is 22.2 Å². The molecular formula is C11H19NO3S. The van der Waals surface area contributed by atoms with E-state index < -0.39 is 10.8 Å². The van der Waals surface area contributed by atoms with Crippen LogP contribution in [-0.4, -0.2) is 20.9 Å². The minimum absolute atomic E-state index is 0.00294. The highest BCUT2D eigenvalue weighted by Crippen LogP contribution is 2.25. The van der Waals surface area contributed by atoms with Crippen molar-refractivity contribution in [3.63, 3.8) is 0 Å². The standard InChI is InChI=1S/C11H19NO3S/c1-4-16(14)6-5-11(2,3)8-9-7-10(13)12-15-9/h7H,4-6,8H2,1-3H3,(H,12,13). The summed E-state index contributed by atoms with van der Waals surface area (Å²) in [5.74, 6) is 2.07. The largest absolute Gasteiger partial charge is 0.384 e. The first kappa shape index (κ1) is 13.2. The lowest BCUT2D eigenvalue weighted by Crippen LogP contribution is -2.18. The van der Waals surface area contributed by atoms with Crippen molar-refractivity contribution in [2.24, 2.45) is 5.41 Å². The average molecular weight is 245 g/mol. The van der Waals surface area contributed by atoms with E-state index in [9.17, 15) is 9.00 Å². The van der Waals surface area contributed by atoms with Crippen LogP contribution >= 0.6 is 0 Å². The van der Waals surface area contributed by atoms with Crippen LogP contribution in [0.2, 0.25) is 0 Å². The van der Waals surface area contributed by atoms with Crippen molar-refractivity contribution in [2.45, 2.75) is 33.6 Å². The van der Waals surface area contributed by atoms with Crippen LogP contribution in [0.4, 0.5) is 0 Å². The summed E-state index contributed by atoms with van der Waals surface area (Å²) in [6.07, 6.45) is 1.55. The van der Waals surface area contributed by atoms with Gasteiger partial charge in [-0.3, -0.25) is 9.00 Å². The number of hydrogen-bond donors (Lipinski definition) is 1. The molecule has 16 heavy (non-hydrogen) atoms. The Balaban J connectivity index is 2.51. The Morgan fingerprint density at radius 2 is 2.19 bits per heavy atom. The topological polar surface area (TPSA) is 63.1 Å². The molecule has 1 heterocycles. The van der Waals surface area contributed by atoms with Crippen molar-refractivity contribution in [1.29, 1.82) is 0 Å². The van der Waals surface area contributed by atoms with Crippen molar-refractivity contribution >= 4 is 10.8 Å². The highest BCUT2D eigenvalue weighted by molar-refractivity contribution is 7.84. The van der Waals surface area contributed by atoms with E-state index in [1.807, 2.05) is 6.92 Å². The molecule has 0 bridgehead atoms. The van der Waals surface area contributed by atoms with Crippen molar-refractivity contribution < 1.29 is 8.73 Å². The van der Waals surface area contributed by atoms with Crippen molar-refractivity contribution in [1.82, 2.24) is 5.16 Å². The molecular weight excluding hydrogens is 226 g/mol. The van der Waals surface area contributed by atoms with E-state index in [1.165, 1.54) is 6.07 Å². The van der Waals surface area contributed by atoms with Gasteiger partial charge < -0.3 is 4.52 Å². The maximum atomic E-state index is 11.3. The van der Waals surface area contributed by atoms with Crippen LogP contribution < -0.4 is 5.56 Å². The fourth-order valence-corrected chi connectivity index (χ4v) is 2.57. The summed E-state index contributed by atoms with van der Waals surface area (Å²) >= 11 is 0. The molecule has 5 heteroatoms. The van der Waals surface area contributed by atoms with Crippen molar-refractivity contribution in [3.8, 4) is 0 Å². The second-order valence-corrected chi connectivity index (χ2v) is 6.57. The molecule has 1 atom stereocenters. The summed E-state index contributed by atoms with van der Waals surface area (Å²) in [7, 11) is -0.726. The zero-order chi connectivity index (χ0) is 12.2. The molecule has 1 aromatic heterocycles. The molecule has 0 saturated carbocycles. The number of rotatable bonds is 6. The second-order valence-electron chi connectivity index (χ2n) is 4.70. The molecule has 4 nitrogen and oxygen atoms in total. The lowest BCUT2D eigenvalue weighted by atomic mass is 9.85. The average Bonchev–Trinajstić information content (AvgIpc) is 2.59. The van der Waals surface area contributed by atoms with E-state index in [0.717, 1.165) is 6.42 Å². The van der Waals surface area contributed by atoms with Gasteiger partial charge in [0.15, 0.2) is 0 Å². The smallest absolute Gasteiger partial charge is 0.280 e. The van der Waals surface area contributed by atoms with E-state index in [-0.39, 0.29) is 11.0 Å². The molecule has 1 N–H and O–H groups in total. The normalized spacial score (nSPS) is 13.9. The predicted octanol–water partition coefficient (Wildman–Crippen LogP) is 1.70. The highest BCUT2D eigenvalue weighted by atomic mass is 32.2. The van der Waals surface area contributed by atoms with Gasteiger partial charge in [-0.15, -0.1) is 0 Å². The SMILES string of the molecule is CCS(=O)CCC(C)(C)Cc1cc(=O)[nH]o1. The molecule has 0 fully saturated rings. The number of H-pyrrole nitrogens is 1. The molecule has 1 unspecified atom stereocenters. The molecule has 0 aromatic carbocycles. The molecule has 0 amide bonds. The van der Waals surface area contributed by atoms with Gasteiger partial charge in [-0.05, 0) is 11.8 Å². The maximum Gasteiger partial charge on any atom is 0.280 e. The molecule has 0 aliphatic carbocycles. The van der Waals surface area contributed by atoms with Gasteiger partial charge in [-0.25, -0.2) is 0 Å². The predicted molar refractivity (Wildman–Crippen MR) is 65.0 cm³/mol. The fraction of sp³-hybridized carbons (Fsp3) is 0.727. The van der Waals surface area contributed by atoms with Gasteiger partial charge in [-0.1, -0.05) is 20.8 Å². The molecule has 1 rings (SSSR count). The Hall–Kier alpha value is -0.840. The van der Waals surface area contributed by atoms with Crippen LogP contribution in [-0.2, 0) is 17.2 Å². The highest BCUT2D eigenvalue weighted by Gasteiger charge is 2.21. The molecule has 0 aliphatic rings. The number of aromatic nitrogens is 1. The zero-order valence-electron chi connectivity index (χ0n) is 10.0. The van der Waals surface area contributed by atoms with E-state index in [1.54, 1.807) is 0 Å². The van der Waals surface area contributed by atoms with E-state index >= 15 is 0 Å². The van der Waals surface area contributed by atoms with Crippen LogP contribution in [0, 0.1) is 5.41 Å². The van der Waals surface area contributed by atoms with Crippen molar-refractivity contribution in [2.75, 3.05) is 11.5 Å². The Bertz CT molecular complexity index is 405. The van der Waals surface area contributed by atoms with Crippen LogP contribution in [0.5, 0.6) is 0 Å². The molecule has 92 valence electrons. The van der Waals surface area contributed by atoms with Crippen LogP contribution in [0.15, 0.2) is 15.4 Å². The van der Waals surface area contributed by atoms with E-state index in [0.29, 0.717) is 23.7 Å². The third-order valence-corrected chi connectivity index (χ3v) is 3.86. The van der Waals surface area contributed by atoms with Crippen LogP contribution in [0.25, 0.3) is 0 Å². The lowest BCUT2D eigenvalue weighted by molar-refractivity contribution is 0.291. The Morgan fingerprint density at radius 1 is 1.50 bits per heavy atom. The zero-order valence-corrected chi connectivity index (χ0v) is 10.9. The van der Waals surface area contributed by atoms with E-state index in [2.05, 4.69) is 19.0 Å². The van der Waals surface area contributed by atoms with Gasteiger partial charge >= 0.3 is 0 Å². The van der Waals surface area contributed by atoms with Crippen LogP contribution in [0.1, 0.15) is 33.0 Å². The summed E-state index contributed by atoms with van der Waals surface area (Å²) in [4.78, 5) is 10.9. The van der Waals surface area contributed by atoms with E-state index in [4.69, 9.17) is 4.52 Å². The van der Waals surface area contributed by atoms with Gasteiger partial charge in [0.25, 0.3) is 5.56 Å². The first-order valence-corrected chi connectivity index (χ1v) is 6.94. The minimum Gasteiger partial charge on any atom is -0.384 e. The third-order valence-electron chi connectivity index (χ3n) is 2.56. The molecule has 1 aromatic rings. The monoisotopic (exact) mass is 245 g/mol. The van der Waals surface area contributed by atoms with Gasteiger partial charge in [0.1, 0.15) is 5.76 Å². The molecule has 0 aliphatic heterocycles. The molecule has 0 spiro atoms. The summed E-state index contributed by atoms with van der Waals surface area (Å²) in [5.41, 5.74) is -0.203. The Morgan fingerprint density at radius 3 is 2.69 bits per heavy atom. The van der Waals surface area contributed by atoms with Gasteiger partial charge in [-0.2, -0.15) is 5.16 Å². The van der Waals surface area contributed by atoms with Crippen LogP contribution in [0.3, 0.4) is 0 Å².